The van der Waals surface area contributed by atoms with Gasteiger partial charge in [0, 0.05) is 18.8 Å². The molecule has 2 saturated heterocycles. The highest BCUT2D eigenvalue weighted by Gasteiger charge is 2.46. The molecule has 2 fully saturated rings. The average molecular weight is 460 g/mol. The van der Waals surface area contributed by atoms with Gasteiger partial charge in [0.05, 0.1) is 18.3 Å². The summed E-state index contributed by atoms with van der Waals surface area (Å²) in [5.41, 5.74) is 1.98. The van der Waals surface area contributed by atoms with E-state index in [0.717, 1.165) is 47.5 Å². The van der Waals surface area contributed by atoms with Crippen molar-refractivity contribution in [3.63, 3.8) is 0 Å². The van der Waals surface area contributed by atoms with Crippen molar-refractivity contribution < 1.29 is 32.5 Å². The molecule has 0 saturated carbocycles. The van der Waals surface area contributed by atoms with Crippen LogP contribution < -0.4 is 4.90 Å². The molecule has 2 aliphatic rings. The fourth-order valence-corrected chi connectivity index (χ4v) is 4.31. The van der Waals surface area contributed by atoms with Gasteiger partial charge in [0.25, 0.3) is 0 Å². The number of hydrogen-bond donors (Lipinski definition) is 1. The van der Waals surface area contributed by atoms with Crippen LogP contribution in [0.1, 0.15) is 29.2 Å². The minimum atomic E-state index is -5.08. The van der Waals surface area contributed by atoms with Crippen LogP contribution in [0.2, 0.25) is 0 Å². The molecule has 0 aromatic carbocycles. The van der Waals surface area contributed by atoms with Crippen molar-refractivity contribution in [2.45, 2.75) is 57.7 Å². The van der Waals surface area contributed by atoms with Gasteiger partial charge in [0.1, 0.15) is 17.2 Å². The van der Waals surface area contributed by atoms with Gasteiger partial charge in [0.2, 0.25) is 5.13 Å². The number of halogens is 3. The van der Waals surface area contributed by atoms with Crippen LogP contribution in [0, 0.1) is 13.8 Å². The molecule has 31 heavy (non-hydrogen) atoms. The Morgan fingerprint density at radius 3 is 2.71 bits per heavy atom. The fraction of sp³-hybridized carbons (Fsp3) is 0.579. The number of carboxylic acids is 1. The normalized spacial score (nSPS) is 23.1. The summed E-state index contributed by atoms with van der Waals surface area (Å²) in [5.74, 6) is -2.76. The lowest BCUT2D eigenvalue weighted by Crippen LogP contribution is -2.42. The fourth-order valence-electron chi connectivity index (χ4n) is 3.55. The van der Waals surface area contributed by atoms with Gasteiger partial charge in [-0.05, 0) is 38.8 Å². The monoisotopic (exact) mass is 460 g/mol. The van der Waals surface area contributed by atoms with E-state index in [1.165, 1.54) is 0 Å². The topological polar surface area (TPSA) is 97.7 Å². The number of hydrogen-bond acceptors (Lipinski definition) is 8. The highest BCUT2D eigenvalue weighted by atomic mass is 32.1. The number of aliphatic carboxylic acids is 1. The average Bonchev–Trinajstić information content (AvgIpc) is 3.30. The molecule has 4 rings (SSSR count). The summed E-state index contributed by atoms with van der Waals surface area (Å²) in [5, 5.41) is 17.6. The molecule has 8 nitrogen and oxygen atoms in total. The van der Waals surface area contributed by atoms with E-state index in [0.29, 0.717) is 12.6 Å². The van der Waals surface area contributed by atoms with Gasteiger partial charge < -0.3 is 19.5 Å². The second-order valence-corrected chi connectivity index (χ2v) is 8.38. The number of aromatic nitrogens is 3. The molecule has 2 aromatic heterocycles. The lowest BCUT2D eigenvalue weighted by molar-refractivity contribution is -0.192. The number of carbonyl (C=O) groups is 1. The maximum atomic E-state index is 10.6. The zero-order valence-corrected chi connectivity index (χ0v) is 17.8. The van der Waals surface area contributed by atoms with Gasteiger partial charge in [-0.15, -0.1) is 10.2 Å². The molecule has 0 bridgehead atoms. The summed E-state index contributed by atoms with van der Waals surface area (Å²) in [7, 11) is 0. The van der Waals surface area contributed by atoms with E-state index >= 15 is 0 Å². The van der Waals surface area contributed by atoms with E-state index in [9.17, 15) is 13.2 Å². The van der Waals surface area contributed by atoms with Crippen molar-refractivity contribution >= 4 is 22.4 Å². The summed E-state index contributed by atoms with van der Waals surface area (Å²) >= 11 is 1.64. The molecule has 1 N–H and O–H groups in total. The number of rotatable bonds is 4. The summed E-state index contributed by atoms with van der Waals surface area (Å²) in [6.45, 7) is 6.12. The van der Waals surface area contributed by atoms with Crippen LogP contribution in [0.4, 0.5) is 18.3 Å². The summed E-state index contributed by atoms with van der Waals surface area (Å²) < 4.78 is 44.0. The van der Waals surface area contributed by atoms with Gasteiger partial charge in [0.15, 0.2) is 0 Å². The van der Waals surface area contributed by atoms with Crippen LogP contribution in [0.5, 0.6) is 0 Å². The van der Waals surface area contributed by atoms with Crippen molar-refractivity contribution in [1.82, 2.24) is 15.2 Å². The Bertz CT molecular complexity index is 895. The molecular weight excluding hydrogens is 437 g/mol. The number of aryl methyl sites for hydroxylation is 2. The Kier molecular flexibility index (Phi) is 7.44. The first kappa shape index (κ1) is 23.4. The van der Waals surface area contributed by atoms with Gasteiger partial charge >= 0.3 is 12.1 Å². The molecule has 0 spiro atoms. The lowest BCUT2D eigenvalue weighted by atomic mass is 10.0. The van der Waals surface area contributed by atoms with E-state index in [1.807, 2.05) is 32.0 Å². The molecule has 2 aromatic rings. The van der Waals surface area contributed by atoms with Crippen LogP contribution in [0.25, 0.3) is 0 Å². The molecule has 170 valence electrons. The molecule has 0 aliphatic carbocycles. The quantitative estimate of drug-likeness (QED) is 0.743. The van der Waals surface area contributed by atoms with Gasteiger partial charge in [-0.2, -0.15) is 13.2 Å². The van der Waals surface area contributed by atoms with E-state index in [2.05, 4.69) is 20.1 Å². The highest BCUT2D eigenvalue weighted by molar-refractivity contribution is 7.15. The van der Waals surface area contributed by atoms with Crippen LogP contribution >= 0.6 is 11.3 Å². The zero-order chi connectivity index (χ0) is 22.6. The summed E-state index contributed by atoms with van der Waals surface area (Å²) in [4.78, 5) is 15.7. The third kappa shape index (κ3) is 6.11. The SMILES string of the molecule is Cc1cccc(CO[C@H]2CN(c3nnc(C)s3)[C@@H]3CCCO[C@H]23)n1.O=C(O)C(F)(F)F. The van der Waals surface area contributed by atoms with E-state index in [1.54, 1.807) is 11.3 Å². The minimum Gasteiger partial charge on any atom is -0.475 e. The third-order valence-corrected chi connectivity index (χ3v) is 5.75. The van der Waals surface area contributed by atoms with Crippen LogP contribution in [-0.4, -0.2) is 63.8 Å². The summed E-state index contributed by atoms with van der Waals surface area (Å²) in [6, 6.07) is 6.36. The Morgan fingerprint density at radius 2 is 2.10 bits per heavy atom. The molecule has 0 amide bonds. The van der Waals surface area contributed by atoms with E-state index in [-0.39, 0.29) is 12.2 Å². The molecule has 4 heterocycles. The Morgan fingerprint density at radius 1 is 1.35 bits per heavy atom. The number of ether oxygens (including phenoxy) is 2. The summed E-state index contributed by atoms with van der Waals surface area (Å²) in [6.07, 6.45) is -2.73. The maximum Gasteiger partial charge on any atom is 0.490 e. The second-order valence-electron chi connectivity index (χ2n) is 7.22. The van der Waals surface area contributed by atoms with Gasteiger partial charge in [-0.3, -0.25) is 4.98 Å². The van der Waals surface area contributed by atoms with Crippen LogP contribution in [-0.2, 0) is 20.9 Å². The van der Waals surface area contributed by atoms with Crippen molar-refractivity contribution in [2.24, 2.45) is 0 Å². The van der Waals surface area contributed by atoms with Crippen molar-refractivity contribution in [2.75, 3.05) is 18.1 Å². The molecule has 0 unspecified atom stereocenters. The van der Waals surface area contributed by atoms with E-state index in [4.69, 9.17) is 19.4 Å². The van der Waals surface area contributed by atoms with Crippen molar-refractivity contribution in [3.8, 4) is 0 Å². The Balaban J connectivity index is 0.000000339. The predicted molar refractivity (Wildman–Crippen MR) is 106 cm³/mol. The standard InChI is InChI=1S/C17H22N4O2S.C2HF3O2/c1-11-5-3-6-13(18-11)10-23-15-9-21(17-20-19-12(2)24-17)14-7-4-8-22-16(14)15;3-2(4,5)1(6)7/h3,5-6,14-16H,4,7-10H2,1-2H3;(H,6,7)/t14-,15+,16+;/m1./s1. The molecule has 2 aliphatic heterocycles. The molecule has 12 heteroatoms. The van der Waals surface area contributed by atoms with Gasteiger partial charge in [-0.1, -0.05) is 17.4 Å². The largest absolute Gasteiger partial charge is 0.490 e. The smallest absolute Gasteiger partial charge is 0.475 e. The van der Waals surface area contributed by atoms with Crippen LogP contribution in [0.3, 0.4) is 0 Å². The Hall–Kier alpha value is -2.31. The first-order chi connectivity index (χ1) is 14.6. The first-order valence-electron chi connectivity index (χ1n) is 9.67. The number of nitrogens with zero attached hydrogens (tertiary/aromatic N) is 4. The number of carboxylic acid groups (broad SMARTS) is 1. The zero-order valence-electron chi connectivity index (χ0n) is 17.0. The first-order valence-corrected chi connectivity index (χ1v) is 10.5. The maximum absolute atomic E-state index is 10.6. The van der Waals surface area contributed by atoms with Crippen molar-refractivity contribution in [3.05, 3.63) is 34.6 Å². The number of anilines is 1. The number of alkyl halides is 3. The third-order valence-electron chi connectivity index (χ3n) is 4.87. The molecular formula is C19H23F3N4O4S. The number of fused-ring (bicyclic) bond motifs is 1. The number of pyridine rings is 1. The van der Waals surface area contributed by atoms with Crippen molar-refractivity contribution in [1.29, 1.82) is 0 Å². The lowest BCUT2D eigenvalue weighted by Gasteiger charge is -2.31. The molecule has 0 radical (unpaired) electrons. The minimum absolute atomic E-state index is 0.0434. The van der Waals surface area contributed by atoms with Gasteiger partial charge in [-0.25, -0.2) is 4.79 Å². The predicted octanol–water partition coefficient (Wildman–Crippen LogP) is 3.14. The van der Waals surface area contributed by atoms with Crippen LogP contribution in [0.15, 0.2) is 18.2 Å². The van der Waals surface area contributed by atoms with E-state index < -0.39 is 12.1 Å². The molecule has 3 atom stereocenters. The second kappa shape index (κ2) is 9.88. The Labute approximate surface area is 181 Å². The highest BCUT2D eigenvalue weighted by Crippen LogP contribution is 2.35.